The van der Waals surface area contributed by atoms with Crippen molar-refractivity contribution in [3.63, 3.8) is 0 Å². The van der Waals surface area contributed by atoms with Gasteiger partial charge in [0.15, 0.2) is 11.6 Å². The molecule has 0 aliphatic carbocycles. The molecule has 1 atom stereocenters. The van der Waals surface area contributed by atoms with Gasteiger partial charge < -0.3 is 10.3 Å². The highest BCUT2D eigenvalue weighted by atomic mass is 19.2. The van der Waals surface area contributed by atoms with Gasteiger partial charge in [0.05, 0.1) is 23.4 Å². The highest BCUT2D eigenvalue weighted by molar-refractivity contribution is 5.74. The maximum Gasteiger partial charge on any atom is 0.163 e. The van der Waals surface area contributed by atoms with Gasteiger partial charge in [0.1, 0.15) is 0 Å². The first-order valence-corrected chi connectivity index (χ1v) is 6.68. The van der Waals surface area contributed by atoms with Gasteiger partial charge in [-0.25, -0.2) is 13.8 Å². The van der Waals surface area contributed by atoms with Crippen molar-refractivity contribution in [2.75, 3.05) is 0 Å². The predicted octanol–water partition coefficient (Wildman–Crippen LogP) is 3.32. The molecule has 0 fully saturated rings. The van der Waals surface area contributed by atoms with Crippen LogP contribution in [0.2, 0.25) is 0 Å². The summed E-state index contributed by atoms with van der Waals surface area (Å²) < 4.78 is 29.5. The minimum atomic E-state index is -0.869. The van der Waals surface area contributed by atoms with Gasteiger partial charge in [-0.3, -0.25) is 0 Å². The second-order valence-electron chi connectivity index (χ2n) is 5.09. The largest absolute Gasteiger partial charge is 0.329 e. The van der Waals surface area contributed by atoms with E-state index in [4.69, 9.17) is 5.73 Å². The molecule has 0 saturated carbocycles. The Balaban J connectivity index is 1.93. The Morgan fingerprint density at radius 2 is 1.90 bits per heavy atom. The summed E-state index contributed by atoms with van der Waals surface area (Å²) in [6.45, 7) is 1.86. The molecule has 1 unspecified atom stereocenters. The standard InChI is InChI=1S/C16H15F2N3/c1-10-6-7-11(16(18)15(10)17)12(19)8-21-9-20-13-4-2-3-5-14(13)21/h2-7,9,12H,8,19H2,1H3. The van der Waals surface area contributed by atoms with E-state index in [0.29, 0.717) is 6.54 Å². The first-order valence-electron chi connectivity index (χ1n) is 6.68. The topological polar surface area (TPSA) is 43.8 Å². The fraction of sp³-hybridized carbons (Fsp3) is 0.188. The Morgan fingerprint density at radius 3 is 2.71 bits per heavy atom. The lowest BCUT2D eigenvalue weighted by molar-refractivity contribution is 0.472. The number of imidazole rings is 1. The third-order valence-electron chi connectivity index (χ3n) is 3.63. The van der Waals surface area contributed by atoms with Crippen LogP contribution >= 0.6 is 0 Å². The zero-order chi connectivity index (χ0) is 15.0. The van der Waals surface area contributed by atoms with Crippen LogP contribution in [0.15, 0.2) is 42.7 Å². The summed E-state index contributed by atoms with van der Waals surface area (Å²) in [4.78, 5) is 4.26. The van der Waals surface area contributed by atoms with Gasteiger partial charge in [-0.15, -0.1) is 0 Å². The summed E-state index contributed by atoms with van der Waals surface area (Å²) in [5, 5.41) is 0. The Hall–Kier alpha value is -2.27. The molecule has 1 aromatic heterocycles. The summed E-state index contributed by atoms with van der Waals surface area (Å²) in [5.41, 5.74) is 8.26. The lowest BCUT2D eigenvalue weighted by Gasteiger charge is -2.15. The molecule has 0 bridgehead atoms. The first kappa shape index (κ1) is 13.7. The van der Waals surface area contributed by atoms with E-state index in [1.165, 1.54) is 13.0 Å². The van der Waals surface area contributed by atoms with Crippen LogP contribution < -0.4 is 5.73 Å². The van der Waals surface area contributed by atoms with E-state index in [9.17, 15) is 8.78 Å². The average molecular weight is 287 g/mol. The van der Waals surface area contributed by atoms with E-state index in [0.717, 1.165) is 11.0 Å². The lowest BCUT2D eigenvalue weighted by atomic mass is 10.0. The van der Waals surface area contributed by atoms with Crippen molar-refractivity contribution < 1.29 is 8.78 Å². The van der Waals surface area contributed by atoms with Crippen LogP contribution in [0.5, 0.6) is 0 Å². The van der Waals surface area contributed by atoms with E-state index in [2.05, 4.69) is 4.98 Å². The second-order valence-corrected chi connectivity index (χ2v) is 5.09. The van der Waals surface area contributed by atoms with Crippen LogP contribution in [0, 0.1) is 18.6 Å². The highest BCUT2D eigenvalue weighted by Gasteiger charge is 2.17. The molecule has 2 N–H and O–H groups in total. The van der Waals surface area contributed by atoms with Crippen molar-refractivity contribution in [2.24, 2.45) is 5.73 Å². The van der Waals surface area contributed by atoms with Gasteiger partial charge in [0.2, 0.25) is 0 Å². The molecule has 21 heavy (non-hydrogen) atoms. The van der Waals surface area contributed by atoms with Crippen molar-refractivity contribution in [3.8, 4) is 0 Å². The maximum absolute atomic E-state index is 14.0. The van der Waals surface area contributed by atoms with Crippen LogP contribution in [0.4, 0.5) is 8.78 Å². The van der Waals surface area contributed by atoms with Crippen molar-refractivity contribution in [3.05, 3.63) is 65.5 Å². The number of aromatic nitrogens is 2. The number of benzene rings is 2. The predicted molar refractivity (Wildman–Crippen MR) is 77.8 cm³/mol. The third-order valence-corrected chi connectivity index (χ3v) is 3.63. The minimum Gasteiger partial charge on any atom is -0.329 e. The Labute approximate surface area is 121 Å². The quantitative estimate of drug-likeness (QED) is 0.803. The molecule has 0 aliphatic rings. The van der Waals surface area contributed by atoms with Crippen LogP contribution in [-0.4, -0.2) is 9.55 Å². The van der Waals surface area contributed by atoms with E-state index < -0.39 is 17.7 Å². The zero-order valence-electron chi connectivity index (χ0n) is 11.6. The molecule has 108 valence electrons. The fourth-order valence-electron chi connectivity index (χ4n) is 2.41. The number of hydrogen-bond donors (Lipinski definition) is 1. The molecule has 0 aliphatic heterocycles. The lowest BCUT2D eigenvalue weighted by Crippen LogP contribution is -2.19. The number of nitrogens with zero attached hydrogens (tertiary/aromatic N) is 2. The summed E-state index contributed by atoms with van der Waals surface area (Å²) in [5.74, 6) is -1.70. The molecule has 1 heterocycles. The van der Waals surface area contributed by atoms with Crippen LogP contribution in [-0.2, 0) is 6.54 Å². The number of para-hydroxylation sites is 2. The molecule has 0 amide bonds. The van der Waals surface area contributed by atoms with Crippen molar-refractivity contribution in [2.45, 2.75) is 19.5 Å². The molecule has 0 saturated heterocycles. The molecule has 3 rings (SSSR count). The first-order chi connectivity index (χ1) is 10.1. The highest BCUT2D eigenvalue weighted by Crippen LogP contribution is 2.23. The van der Waals surface area contributed by atoms with E-state index in [1.54, 1.807) is 12.4 Å². The number of nitrogens with two attached hydrogens (primary N) is 1. The van der Waals surface area contributed by atoms with Gasteiger partial charge in [-0.05, 0) is 24.6 Å². The third kappa shape index (κ3) is 2.40. The van der Waals surface area contributed by atoms with E-state index in [1.807, 2.05) is 28.8 Å². The Morgan fingerprint density at radius 1 is 1.14 bits per heavy atom. The molecular weight excluding hydrogens is 272 g/mol. The second kappa shape index (κ2) is 5.26. The molecule has 0 spiro atoms. The fourth-order valence-corrected chi connectivity index (χ4v) is 2.41. The molecule has 0 radical (unpaired) electrons. The summed E-state index contributed by atoms with van der Waals surface area (Å²) in [6, 6.07) is 10.0. The van der Waals surface area contributed by atoms with Crippen molar-refractivity contribution in [1.82, 2.24) is 9.55 Å². The van der Waals surface area contributed by atoms with Crippen molar-refractivity contribution in [1.29, 1.82) is 0 Å². The Bertz CT molecular complexity index is 795. The molecule has 3 aromatic rings. The van der Waals surface area contributed by atoms with Gasteiger partial charge in [0.25, 0.3) is 0 Å². The van der Waals surface area contributed by atoms with Gasteiger partial charge >= 0.3 is 0 Å². The number of aryl methyl sites for hydroxylation is 1. The molecule has 3 nitrogen and oxygen atoms in total. The Kier molecular flexibility index (Phi) is 3.43. The number of halogens is 2. The van der Waals surface area contributed by atoms with Gasteiger partial charge in [-0.2, -0.15) is 0 Å². The monoisotopic (exact) mass is 287 g/mol. The number of fused-ring (bicyclic) bond motifs is 1. The van der Waals surface area contributed by atoms with Crippen LogP contribution in [0.1, 0.15) is 17.2 Å². The average Bonchev–Trinajstić information content (AvgIpc) is 2.88. The van der Waals surface area contributed by atoms with Gasteiger partial charge in [0, 0.05) is 12.1 Å². The van der Waals surface area contributed by atoms with Gasteiger partial charge in [-0.1, -0.05) is 24.3 Å². The van der Waals surface area contributed by atoms with Crippen LogP contribution in [0.25, 0.3) is 11.0 Å². The van der Waals surface area contributed by atoms with E-state index in [-0.39, 0.29) is 11.1 Å². The smallest absolute Gasteiger partial charge is 0.163 e. The zero-order valence-corrected chi connectivity index (χ0v) is 11.6. The molecule has 5 heteroatoms. The molecular formula is C16H15F2N3. The number of rotatable bonds is 3. The van der Waals surface area contributed by atoms with Crippen molar-refractivity contribution >= 4 is 11.0 Å². The van der Waals surface area contributed by atoms with Crippen LogP contribution in [0.3, 0.4) is 0 Å². The molecule has 2 aromatic carbocycles. The minimum absolute atomic E-state index is 0.177. The summed E-state index contributed by atoms with van der Waals surface area (Å²) in [6.07, 6.45) is 1.66. The SMILES string of the molecule is Cc1ccc(C(N)Cn2cnc3ccccc32)c(F)c1F. The van der Waals surface area contributed by atoms with E-state index >= 15 is 0 Å². The number of hydrogen-bond acceptors (Lipinski definition) is 2. The normalized spacial score (nSPS) is 12.8. The summed E-state index contributed by atoms with van der Waals surface area (Å²) >= 11 is 0. The maximum atomic E-state index is 14.0. The summed E-state index contributed by atoms with van der Waals surface area (Å²) in [7, 11) is 0.